The Kier molecular flexibility index (Phi) is 7.96. The summed E-state index contributed by atoms with van der Waals surface area (Å²) in [6.45, 7) is 7.17. The molecule has 1 aromatic rings. The Morgan fingerprint density at radius 3 is 2.89 bits per heavy atom. The topological polar surface area (TPSA) is 50.8 Å². The van der Waals surface area contributed by atoms with Crippen LogP contribution in [0.5, 0.6) is 5.75 Å². The van der Waals surface area contributed by atoms with E-state index >= 15 is 0 Å². The molecule has 0 aliphatic carbocycles. The van der Waals surface area contributed by atoms with Gasteiger partial charge in [-0.2, -0.15) is 0 Å². The Morgan fingerprint density at radius 2 is 2.07 bits per heavy atom. The number of carbonyl (C=O) groups is 1. The number of carbonyl (C=O) groups excluding carboxylic acids is 1. The molecule has 5 heteroatoms. The maximum atomic E-state index is 12.3. The van der Waals surface area contributed by atoms with Crippen LogP contribution >= 0.6 is 0 Å². The molecule has 0 saturated carbocycles. The van der Waals surface area contributed by atoms with Gasteiger partial charge in [0.25, 0.3) is 0 Å². The molecule has 1 N–H and O–H groups in total. The first-order valence-corrected chi connectivity index (χ1v) is 10.6. The van der Waals surface area contributed by atoms with E-state index in [1.807, 2.05) is 6.07 Å². The monoisotopic (exact) mass is 374 g/mol. The van der Waals surface area contributed by atoms with E-state index in [1.54, 1.807) is 0 Å². The maximum Gasteiger partial charge on any atom is 0.221 e. The first kappa shape index (κ1) is 20.2. The van der Waals surface area contributed by atoms with E-state index in [2.05, 4.69) is 35.3 Å². The van der Waals surface area contributed by atoms with Crippen LogP contribution in [0.3, 0.4) is 0 Å². The summed E-state index contributed by atoms with van der Waals surface area (Å²) in [5.41, 5.74) is 1.22. The Hall–Kier alpha value is -1.59. The summed E-state index contributed by atoms with van der Waals surface area (Å²) in [5, 5.41) is 3.12. The van der Waals surface area contributed by atoms with E-state index in [9.17, 15) is 4.79 Å². The molecule has 27 heavy (non-hydrogen) atoms. The normalized spacial score (nSPS) is 21.1. The van der Waals surface area contributed by atoms with E-state index in [0.29, 0.717) is 12.3 Å². The fourth-order valence-electron chi connectivity index (χ4n) is 3.87. The molecular formula is C22H34N2O3. The van der Waals surface area contributed by atoms with Crippen LogP contribution in [0.15, 0.2) is 24.3 Å². The number of ether oxygens (including phenoxy) is 2. The second-order valence-electron chi connectivity index (χ2n) is 7.83. The van der Waals surface area contributed by atoms with Crippen molar-refractivity contribution in [3.05, 3.63) is 29.8 Å². The van der Waals surface area contributed by atoms with Crippen molar-refractivity contribution in [2.45, 2.75) is 58.1 Å². The third-order valence-electron chi connectivity index (χ3n) is 5.59. The summed E-state index contributed by atoms with van der Waals surface area (Å²) in [6, 6.07) is 8.30. The van der Waals surface area contributed by atoms with Crippen molar-refractivity contribution in [2.75, 3.05) is 32.8 Å². The minimum absolute atomic E-state index is 0.157. The van der Waals surface area contributed by atoms with Gasteiger partial charge in [-0.05, 0) is 37.7 Å². The molecule has 1 atom stereocenters. The van der Waals surface area contributed by atoms with Gasteiger partial charge >= 0.3 is 0 Å². The van der Waals surface area contributed by atoms with Crippen molar-refractivity contribution < 1.29 is 14.3 Å². The molecule has 1 unspecified atom stereocenters. The van der Waals surface area contributed by atoms with E-state index in [4.69, 9.17) is 9.47 Å². The van der Waals surface area contributed by atoms with Gasteiger partial charge in [0.05, 0.1) is 0 Å². The molecule has 2 heterocycles. The molecule has 0 aromatic heterocycles. The first-order valence-electron chi connectivity index (χ1n) is 10.6. The van der Waals surface area contributed by atoms with Crippen molar-refractivity contribution in [2.24, 2.45) is 5.92 Å². The fraction of sp³-hybridized carbons (Fsp3) is 0.682. The molecule has 0 bridgehead atoms. The quantitative estimate of drug-likeness (QED) is 0.758. The van der Waals surface area contributed by atoms with E-state index in [-0.39, 0.29) is 12.0 Å². The number of fused-ring (bicyclic) bond motifs is 1. The predicted octanol–water partition coefficient (Wildman–Crippen LogP) is 3.37. The molecule has 2 aliphatic rings. The average Bonchev–Trinajstić information content (AvgIpc) is 2.88. The Balaban J connectivity index is 1.49. The second kappa shape index (κ2) is 10.7. The van der Waals surface area contributed by atoms with Gasteiger partial charge in [0.1, 0.15) is 11.9 Å². The maximum absolute atomic E-state index is 12.3. The van der Waals surface area contributed by atoms with Gasteiger partial charge in [0.15, 0.2) is 0 Å². The molecular weight excluding hydrogens is 340 g/mol. The molecule has 1 fully saturated rings. The minimum atomic E-state index is 0.157. The lowest BCUT2D eigenvalue weighted by Crippen LogP contribution is -2.37. The molecule has 2 aliphatic heterocycles. The van der Waals surface area contributed by atoms with E-state index in [1.165, 1.54) is 18.4 Å². The fourth-order valence-corrected chi connectivity index (χ4v) is 3.87. The van der Waals surface area contributed by atoms with Crippen molar-refractivity contribution >= 4 is 5.91 Å². The number of benzene rings is 1. The van der Waals surface area contributed by atoms with Crippen LogP contribution in [0.4, 0.5) is 0 Å². The minimum Gasteiger partial charge on any atom is -0.489 e. The van der Waals surface area contributed by atoms with Gasteiger partial charge in [-0.15, -0.1) is 0 Å². The van der Waals surface area contributed by atoms with Gasteiger partial charge < -0.3 is 14.8 Å². The van der Waals surface area contributed by atoms with Gasteiger partial charge in [-0.3, -0.25) is 9.69 Å². The summed E-state index contributed by atoms with van der Waals surface area (Å²) in [7, 11) is 0. The Morgan fingerprint density at radius 1 is 1.26 bits per heavy atom. The van der Waals surface area contributed by atoms with Crippen LogP contribution in [0.25, 0.3) is 0 Å². The van der Waals surface area contributed by atoms with Gasteiger partial charge in [0, 0.05) is 51.4 Å². The Labute approximate surface area is 163 Å². The van der Waals surface area contributed by atoms with Gasteiger partial charge in [0.2, 0.25) is 5.91 Å². The van der Waals surface area contributed by atoms with Crippen LogP contribution in [-0.4, -0.2) is 49.8 Å². The van der Waals surface area contributed by atoms with Crippen molar-refractivity contribution in [3.8, 4) is 5.75 Å². The largest absolute Gasteiger partial charge is 0.489 e. The van der Waals surface area contributed by atoms with E-state index in [0.717, 1.165) is 64.4 Å². The zero-order valence-electron chi connectivity index (χ0n) is 16.6. The van der Waals surface area contributed by atoms with Crippen LogP contribution in [0.2, 0.25) is 0 Å². The zero-order valence-corrected chi connectivity index (χ0v) is 16.6. The molecule has 1 amide bonds. The average molecular weight is 375 g/mol. The number of rotatable bonds is 8. The third kappa shape index (κ3) is 6.51. The van der Waals surface area contributed by atoms with Crippen LogP contribution in [0, 0.1) is 5.92 Å². The van der Waals surface area contributed by atoms with Crippen molar-refractivity contribution in [1.29, 1.82) is 0 Å². The SMILES string of the molecule is CCCCC1CN(CCC(=O)NCC2CCOCC2)Cc2ccccc2O1. The lowest BCUT2D eigenvalue weighted by molar-refractivity contribution is -0.121. The van der Waals surface area contributed by atoms with E-state index < -0.39 is 0 Å². The highest BCUT2D eigenvalue weighted by atomic mass is 16.5. The van der Waals surface area contributed by atoms with Gasteiger partial charge in [-0.25, -0.2) is 0 Å². The highest BCUT2D eigenvalue weighted by Crippen LogP contribution is 2.26. The van der Waals surface area contributed by atoms with Crippen LogP contribution in [0.1, 0.15) is 51.0 Å². The number of unbranched alkanes of at least 4 members (excludes halogenated alkanes) is 1. The predicted molar refractivity (Wildman–Crippen MR) is 107 cm³/mol. The Bertz CT molecular complexity index is 587. The number of amides is 1. The molecule has 1 aromatic carbocycles. The standard InChI is InChI=1S/C22H34N2O3/c1-2-3-7-20-17-24(16-19-6-4-5-8-21(19)27-20)12-9-22(25)23-15-18-10-13-26-14-11-18/h4-6,8,18,20H,2-3,7,9-17H2,1H3,(H,23,25). The zero-order chi connectivity index (χ0) is 18.9. The number of nitrogens with zero attached hydrogens (tertiary/aromatic N) is 1. The summed E-state index contributed by atoms with van der Waals surface area (Å²) < 4.78 is 11.6. The van der Waals surface area contributed by atoms with Crippen LogP contribution in [-0.2, 0) is 16.1 Å². The number of para-hydroxylation sites is 1. The van der Waals surface area contributed by atoms with Crippen molar-refractivity contribution in [1.82, 2.24) is 10.2 Å². The summed E-state index contributed by atoms with van der Waals surface area (Å²) in [4.78, 5) is 14.7. The third-order valence-corrected chi connectivity index (χ3v) is 5.59. The highest BCUT2D eigenvalue weighted by molar-refractivity contribution is 5.76. The molecule has 0 spiro atoms. The summed E-state index contributed by atoms with van der Waals surface area (Å²) in [5.74, 6) is 1.73. The molecule has 5 nitrogen and oxygen atoms in total. The number of hydrogen-bond donors (Lipinski definition) is 1. The lowest BCUT2D eigenvalue weighted by atomic mass is 10.0. The van der Waals surface area contributed by atoms with Gasteiger partial charge in [-0.1, -0.05) is 31.5 Å². The summed E-state index contributed by atoms with van der Waals surface area (Å²) in [6.07, 6.45) is 6.28. The smallest absolute Gasteiger partial charge is 0.221 e. The lowest BCUT2D eigenvalue weighted by Gasteiger charge is -2.24. The van der Waals surface area contributed by atoms with Crippen LogP contribution < -0.4 is 10.1 Å². The number of nitrogens with one attached hydrogen (secondary N) is 1. The molecule has 150 valence electrons. The van der Waals surface area contributed by atoms with Crippen molar-refractivity contribution in [3.63, 3.8) is 0 Å². The molecule has 3 rings (SSSR count). The molecule has 1 saturated heterocycles. The highest BCUT2D eigenvalue weighted by Gasteiger charge is 2.23. The summed E-state index contributed by atoms with van der Waals surface area (Å²) >= 11 is 0. The second-order valence-corrected chi connectivity index (χ2v) is 7.83. The molecule has 0 radical (unpaired) electrons. The number of hydrogen-bond acceptors (Lipinski definition) is 4. The first-order chi connectivity index (χ1) is 13.2.